The van der Waals surface area contributed by atoms with Crippen LogP contribution in [0.2, 0.25) is 0 Å². The molecule has 2 rings (SSSR count). The highest BCUT2D eigenvalue weighted by Gasteiger charge is 2.07. The number of ether oxygens (including phenoxy) is 1. The van der Waals surface area contributed by atoms with Gasteiger partial charge in [0.1, 0.15) is 5.75 Å². The molecule has 0 aliphatic heterocycles. The van der Waals surface area contributed by atoms with Gasteiger partial charge >= 0.3 is 5.97 Å². The minimum Gasteiger partial charge on any atom is -0.496 e. The molecule has 3 heteroatoms. The molecular weight excluding hydrogens is 240 g/mol. The van der Waals surface area contributed by atoms with Gasteiger partial charge in [0, 0.05) is 5.56 Å². The highest BCUT2D eigenvalue weighted by atomic mass is 16.5. The molecule has 0 bridgehead atoms. The van der Waals surface area contributed by atoms with Crippen molar-refractivity contribution in [3.05, 3.63) is 53.6 Å². The zero-order chi connectivity index (χ0) is 13.8. The molecule has 0 aliphatic carbocycles. The van der Waals surface area contributed by atoms with Crippen molar-refractivity contribution < 1.29 is 14.6 Å². The Bertz CT molecular complexity index is 585. The zero-order valence-electron chi connectivity index (χ0n) is 11.0. The van der Waals surface area contributed by atoms with Gasteiger partial charge in [-0.15, -0.1) is 0 Å². The number of hydrogen-bond acceptors (Lipinski definition) is 2. The Morgan fingerprint density at radius 3 is 2.42 bits per heavy atom. The van der Waals surface area contributed by atoms with E-state index in [1.165, 1.54) is 0 Å². The molecule has 0 atom stereocenters. The van der Waals surface area contributed by atoms with Gasteiger partial charge in [-0.2, -0.15) is 0 Å². The Labute approximate surface area is 112 Å². The van der Waals surface area contributed by atoms with Crippen LogP contribution >= 0.6 is 0 Å². The highest BCUT2D eigenvalue weighted by molar-refractivity contribution is 5.73. The predicted molar refractivity (Wildman–Crippen MR) is 74.5 cm³/mol. The van der Waals surface area contributed by atoms with Crippen molar-refractivity contribution in [1.82, 2.24) is 0 Å². The van der Waals surface area contributed by atoms with Gasteiger partial charge in [0.05, 0.1) is 13.5 Å². The first-order valence-electron chi connectivity index (χ1n) is 6.06. The number of carboxylic acid groups (broad SMARTS) is 1. The van der Waals surface area contributed by atoms with Crippen LogP contribution < -0.4 is 4.74 Å². The fraction of sp³-hybridized carbons (Fsp3) is 0.188. The largest absolute Gasteiger partial charge is 0.496 e. The summed E-state index contributed by atoms with van der Waals surface area (Å²) in [5, 5.41) is 8.75. The molecule has 0 spiro atoms. The number of benzene rings is 2. The molecule has 0 saturated heterocycles. The smallest absolute Gasteiger partial charge is 0.307 e. The van der Waals surface area contributed by atoms with Crippen LogP contribution in [0.25, 0.3) is 11.1 Å². The molecule has 3 nitrogen and oxygen atoms in total. The van der Waals surface area contributed by atoms with Crippen LogP contribution in [0.1, 0.15) is 11.1 Å². The number of aryl methyl sites for hydroxylation is 1. The first-order chi connectivity index (χ1) is 9.10. The third-order valence-electron chi connectivity index (χ3n) is 2.98. The Morgan fingerprint density at radius 1 is 1.16 bits per heavy atom. The first-order valence-corrected chi connectivity index (χ1v) is 6.06. The van der Waals surface area contributed by atoms with Gasteiger partial charge < -0.3 is 9.84 Å². The number of methoxy groups -OCH3 is 1. The van der Waals surface area contributed by atoms with E-state index in [1.54, 1.807) is 7.11 Å². The average Bonchev–Trinajstić information content (AvgIpc) is 2.39. The standard InChI is InChI=1S/C16H16O3/c1-11-3-8-15(19-2)14(9-11)13-6-4-12(5-7-13)10-16(17)18/h3-9H,10H2,1-2H3,(H,17,18). The van der Waals surface area contributed by atoms with Gasteiger partial charge in [0.2, 0.25) is 0 Å². The van der Waals surface area contributed by atoms with Crippen LogP contribution in [0, 0.1) is 6.92 Å². The van der Waals surface area contributed by atoms with Crippen LogP contribution in [0.15, 0.2) is 42.5 Å². The predicted octanol–water partition coefficient (Wildman–Crippen LogP) is 3.30. The fourth-order valence-electron chi connectivity index (χ4n) is 2.02. The molecule has 98 valence electrons. The van der Waals surface area contributed by atoms with E-state index in [2.05, 4.69) is 6.07 Å². The third kappa shape index (κ3) is 3.13. The SMILES string of the molecule is COc1ccc(C)cc1-c1ccc(CC(=O)O)cc1. The van der Waals surface area contributed by atoms with Crippen molar-refractivity contribution in [2.24, 2.45) is 0 Å². The lowest BCUT2D eigenvalue weighted by Gasteiger charge is -2.10. The zero-order valence-corrected chi connectivity index (χ0v) is 11.0. The molecule has 1 N–H and O–H groups in total. The molecule has 0 aromatic heterocycles. The normalized spacial score (nSPS) is 10.2. The van der Waals surface area contributed by atoms with Gasteiger partial charge in [-0.25, -0.2) is 0 Å². The summed E-state index contributed by atoms with van der Waals surface area (Å²) in [5.74, 6) is -0.00234. The van der Waals surface area contributed by atoms with Crippen molar-refractivity contribution >= 4 is 5.97 Å². The highest BCUT2D eigenvalue weighted by Crippen LogP contribution is 2.30. The molecule has 2 aromatic carbocycles. The summed E-state index contributed by atoms with van der Waals surface area (Å²) in [7, 11) is 1.65. The van der Waals surface area contributed by atoms with E-state index in [9.17, 15) is 4.79 Å². The van der Waals surface area contributed by atoms with E-state index in [-0.39, 0.29) is 6.42 Å². The van der Waals surface area contributed by atoms with E-state index >= 15 is 0 Å². The lowest BCUT2D eigenvalue weighted by atomic mass is 10.0. The average molecular weight is 256 g/mol. The van der Waals surface area contributed by atoms with Crippen molar-refractivity contribution in [2.75, 3.05) is 7.11 Å². The molecule has 0 unspecified atom stereocenters. The van der Waals surface area contributed by atoms with Gasteiger partial charge in [-0.05, 0) is 30.2 Å². The van der Waals surface area contributed by atoms with E-state index in [0.717, 1.165) is 28.0 Å². The maximum Gasteiger partial charge on any atom is 0.307 e. The monoisotopic (exact) mass is 256 g/mol. The summed E-state index contributed by atoms with van der Waals surface area (Å²) in [6.07, 6.45) is 0.0469. The second kappa shape index (κ2) is 5.57. The van der Waals surface area contributed by atoms with Crippen LogP contribution in [-0.4, -0.2) is 18.2 Å². The maximum atomic E-state index is 10.6. The van der Waals surface area contributed by atoms with Crippen LogP contribution in [0.3, 0.4) is 0 Å². The Kier molecular flexibility index (Phi) is 3.85. The molecule has 0 aliphatic rings. The van der Waals surface area contributed by atoms with E-state index < -0.39 is 5.97 Å². The third-order valence-corrected chi connectivity index (χ3v) is 2.98. The molecule has 0 saturated carbocycles. The molecule has 0 heterocycles. The molecule has 0 radical (unpaired) electrons. The topological polar surface area (TPSA) is 46.5 Å². The second-order valence-electron chi connectivity index (χ2n) is 4.47. The Balaban J connectivity index is 2.36. The van der Waals surface area contributed by atoms with Crippen LogP contribution in [-0.2, 0) is 11.2 Å². The first kappa shape index (κ1) is 13.1. The Morgan fingerprint density at radius 2 is 1.84 bits per heavy atom. The quantitative estimate of drug-likeness (QED) is 0.913. The lowest BCUT2D eigenvalue weighted by molar-refractivity contribution is -0.136. The van der Waals surface area contributed by atoms with Crippen molar-refractivity contribution in [1.29, 1.82) is 0 Å². The Hall–Kier alpha value is -2.29. The maximum absolute atomic E-state index is 10.6. The number of carbonyl (C=O) groups is 1. The summed E-state index contributed by atoms with van der Waals surface area (Å²) in [5.41, 5.74) is 3.99. The van der Waals surface area contributed by atoms with Crippen molar-refractivity contribution in [2.45, 2.75) is 13.3 Å². The van der Waals surface area contributed by atoms with Crippen molar-refractivity contribution in [3.63, 3.8) is 0 Å². The summed E-state index contributed by atoms with van der Waals surface area (Å²) >= 11 is 0. The fourth-order valence-corrected chi connectivity index (χ4v) is 2.02. The van der Waals surface area contributed by atoms with Crippen molar-refractivity contribution in [3.8, 4) is 16.9 Å². The molecule has 0 fully saturated rings. The number of aliphatic carboxylic acids is 1. The second-order valence-corrected chi connectivity index (χ2v) is 4.47. The van der Waals surface area contributed by atoms with Gasteiger partial charge in [-0.3, -0.25) is 4.79 Å². The van der Waals surface area contributed by atoms with E-state index in [0.29, 0.717) is 0 Å². The van der Waals surface area contributed by atoms with Crippen LogP contribution in [0.5, 0.6) is 5.75 Å². The van der Waals surface area contributed by atoms with E-state index in [4.69, 9.17) is 9.84 Å². The summed E-state index contributed by atoms with van der Waals surface area (Å²) in [4.78, 5) is 10.6. The molecule has 2 aromatic rings. The van der Waals surface area contributed by atoms with Gasteiger partial charge in [-0.1, -0.05) is 35.9 Å². The number of rotatable bonds is 4. The molecule has 0 amide bonds. The van der Waals surface area contributed by atoms with Gasteiger partial charge in [0.15, 0.2) is 0 Å². The molecule has 19 heavy (non-hydrogen) atoms. The minimum absolute atomic E-state index is 0.0469. The lowest BCUT2D eigenvalue weighted by Crippen LogP contribution is -1.99. The minimum atomic E-state index is -0.819. The number of carboxylic acids is 1. The van der Waals surface area contributed by atoms with Gasteiger partial charge in [0.25, 0.3) is 0 Å². The van der Waals surface area contributed by atoms with E-state index in [1.807, 2.05) is 43.3 Å². The summed E-state index contributed by atoms with van der Waals surface area (Å²) in [6.45, 7) is 2.03. The molecular formula is C16H16O3. The summed E-state index contributed by atoms with van der Waals surface area (Å²) < 4.78 is 5.36. The summed E-state index contributed by atoms with van der Waals surface area (Å²) in [6, 6.07) is 13.5. The van der Waals surface area contributed by atoms with Crippen LogP contribution in [0.4, 0.5) is 0 Å². The number of hydrogen-bond donors (Lipinski definition) is 1.